The Labute approximate surface area is 196 Å². The minimum Gasteiger partial charge on any atom is -0.312 e. The van der Waals surface area contributed by atoms with Gasteiger partial charge >= 0.3 is 0 Å². The number of carbonyl (C=O) groups excluding carboxylic acids is 1. The number of carbonyl (C=O) groups is 1. The molecule has 33 heavy (non-hydrogen) atoms. The molecule has 3 aromatic carbocycles. The third-order valence-corrected chi connectivity index (χ3v) is 6.19. The third-order valence-electron chi connectivity index (χ3n) is 6.19. The smallest absolute Gasteiger partial charge is 0.273 e. The highest BCUT2D eigenvalue weighted by Gasteiger charge is 2.44. The highest BCUT2D eigenvalue weighted by atomic mass is 16.6. The van der Waals surface area contributed by atoms with Crippen molar-refractivity contribution in [1.82, 2.24) is 5.32 Å². The van der Waals surface area contributed by atoms with Gasteiger partial charge in [-0.25, -0.2) is 0 Å². The Balaban J connectivity index is 1.94. The lowest BCUT2D eigenvalue weighted by atomic mass is 9.71. The van der Waals surface area contributed by atoms with Crippen LogP contribution in [0.25, 0.3) is 0 Å². The van der Waals surface area contributed by atoms with Gasteiger partial charge in [0, 0.05) is 38.3 Å². The fraction of sp³-hybridized carbons (Fsp3) is 0.321. The van der Waals surface area contributed by atoms with Gasteiger partial charge in [0.2, 0.25) is 5.78 Å². The molecule has 0 aliphatic rings. The number of hydrogen-bond donors (Lipinski definition) is 1. The monoisotopic (exact) mass is 444 g/mol. The van der Waals surface area contributed by atoms with Crippen molar-refractivity contribution in [3.05, 3.63) is 118 Å². The largest absolute Gasteiger partial charge is 0.312 e. The van der Waals surface area contributed by atoms with E-state index in [0.717, 1.165) is 16.7 Å². The van der Waals surface area contributed by atoms with Crippen molar-refractivity contribution in [2.45, 2.75) is 45.2 Å². The summed E-state index contributed by atoms with van der Waals surface area (Å²) in [5.41, 5.74) is 1.24. The Bertz CT molecular complexity index is 993. The number of nitro groups is 1. The predicted molar refractivity (Wildman–Crippen MR) is 132 cm³/mol. The summed E-state index contributed by atoms with van der Waals surface area (Å²) in [6.07, 6.45) is 1.40. The molecule has 0 saturated carbocycles. The Morgan fingerprint density at radius 2 is 1.21 bits per heavy atom. The minimum absolute atomic E-state index is 0.118. The first-order chi connectivity index (χ1) is 15.8. The minimum atomic E-state index is -1.63. The van der Waals surface area contributed by atoms with Crippen LogP contribution in [0, 0.1) is 15.5 Å². The summed E-state index contributed by atoms with van der Waals surface area (Å²) in [5, 5.41) is 15.2. The fourth-order valence-electron chi connectivity index (χ4n) is 4.16. The van der Waals surface area contributed by atoms with Gasteiger partial charge in [-0.3, -0.25) is 14.9 Å². The second-order valence-corrected chi connectivity index (χ2v) is 9.33. The summed E-state index contributed by atoms with van der Waals surface area (Å²) >= 11 is 0. The van der Waals surface area contributed by atoms with Crippen LogP contribution < -0.4 is 5.32 Å². The van der Waals surface area contributed by atoms with Crippen molar-refractivity contribution in [3.63, 3.8) is 0 Å². The van der Waals surface area contributed by atoms with E-state index in [1.165, 1.54) is 13.8 Å². The van der Waals surface area contributed by atoms with Gasteiger partial charge < -0.3 is 5.32 Å². The van der Waals surface area contributed by atoms with Crippen LogP contribution in [0.5, 0.6) is 0 Å². The van der Waals surface area contributed by atoms with Crippen LogP contribution in [-0.2, 0) is 24.2 Å². The maximum absolute atomic E-state index is 13.3. The van der Waals surface area contributed by atoms with Gasteiger partial charge in [-0.1, -0.05) is 91.0 Å². The quantitative estimate of drug-likeness (QED) is 0.305. The van der Waals surface area contributed by atoms with E-state index in [1.54, 1.807) is 0 Å². The topological polar surface area (TPSA) is 72.2 Å². The van der Waals surface area contributed by atoms with Gasteiger partial charge in [-0.05, 0) is 34.9 Å². The van der Waals surface area contributed by atoms with Gasteiger partial charge in [0.25, 0.3) is 5.54 Å². The molecule has 3 rings (SSSR count). The third kappa shape index (κ3) is 6.83. The molecule has 0 atom stereocenters. The average Bonchev–Trinajstić information content (AvgIpc) is 2.81. The molecule has 0 aliphatic heterocycles. The predicted octanol–water partition coefficient (Wildman–Crippen LogP) is 5.26. The van der Waals surface area contributed by atoms with Crippen LogP contribution in [0.1, 0.15) is 37.0 Å². The maximum atomic E-state index is 13.3. The lowest BCUT2D eigenvalue weighted by Crippen LogP contribution is -2.47. The Morgan fingerprint density at radius 1 is 0.788 bits per heavy atom. The Hall–Kier alpha value is -3.31. The van der Waals surface area contributed by atoms with Crippen LogP contribution >= 0.6 is 0 Å². The number of ketones is 1. The zero-order valence-corrected chi connectivity index (χ0v) is 19.4. The summed E-state index contributed by atoms with van der Waals surface area (Å²) in [6.45, 7) is 4.04. The van der Waals surface area contributed by atoms with E-state index in [0.29, 0.717) is 25.9 Å². The lowest BCUT2D eigenvalue weighted by molar-refractivity contribution is -0.543. The molecular weight excluding hydrogens is 412 g/mol. The lowest BCUT2D eigenvalue weighted by Gasteiger charge is -2.35. The van der Waals surface area contributed by atoms with Crippen LogP contribution in [0.4, 0.5) is 0 Å². The van der Waals surface area contributed by atoms with E-state index in [4.69, 9.17) is 0 Å². The number of hydrogen-bond acceptors (Lipinski definition) is 4. The van der Waals surface area contributed by atoms with Crippen molar-refractivity contribution in [2.75, 3.05) is 6.54 Å². The van der Waals surface area contributed by atoms with Crippen molar-refractivity contribution >= 4 is 5.78 Å². The molecule has 0 aliphatic carbocycles. The van der Waals surface area contributed by atoms with Gasteiger partial charge in [-0.15, -0.1) is 0 Å². The van der Waals surface area contributed by atoms with Crippen LogP contribution in [-0.4, -0.2) is 22.8 Å². The average molecular weight is 445 g/mol. The molecule has 0 radical (unpaired) electrons. The molecule has 5 nitrogen and oxygen atoms in total. The molecule has 5 heteroatoms. The Morgan fingerprint density at radius 3 is 1.64 bits per heavy atom. The highest BCUT2D eigenvalue weighted by molar-refractivity contribution is 5.86. The summed E-state index contributed by atoms with van der Waals surface area (Å²) in [5.74, 6) is -0.346. The standard InChI is InChI=1S/C28H32N2O3/c1-27(2,30(32)33)26(31)20-28(18-23-12-6-3-7-13-23,19-24-14-8-4-9-15-24)22-29-21-25-16-10-5-11-17-25/h3-17,29H,18-22H2,1-2H3. The first-order valence-electron chi connectivity index (χ1n) is 11.3. The molecular formula is C28H32N2O3. The zero-order valence-electron chi connectivity index (χ0n) is 19.4. The molecule has 0 saturated heterocycles. The van der Waals surface area contributed by atoms with Crippen LogP contribution in [0.3, 0.4) is 0 Å². The summed E-state index contributed by atoms with van der Waals surface area (Å²) in [4.78, 5) is 24.4. The Kier molecular flexibility index (Phi) is 8.12. The first kappa shape index (κ1) is 24.3. The molecule has 172 valence electrons. The van der Waals surface area contributed by atoms with Gasteiger partial charge in [0.05, 0.1) is 0 Å². The van der Waals surface area contributed by atoms with Crippen molar-refractivity contribution in [2.24, 2.45) is 5.41 Å². The van der Waals surface area contributed by atoms with Crippen molar-refractivity contribution in [3.8, 4) is 0 Å². The number of Topliss-reactive ketones (excluding diaryl/α,β-unsaturated/α-hetero) is 1. The summed E-state index contributed by atoms with van der Waals surface area (Å²) in [6, 6.07) is 30.2. The van der Waals surface area contributed by atoms with E-state index in [-0.39, 0.29) is 12.2 Å². The normalized spacial score (nSPS) is 11.8. The number of nitrogens with one attached hydrogen (secondary N) is 1. The number of nitrogens with zero attached hydrogens (tertiary/aromatic N) is 1. The van der Waals surface area contributed by atoms with E-state index in [9.17, 15) is 14.9 Å². The van der Waals surface area contributed by atoms with Crippen LogP contribution in [0.15, 0.2) is 91.0 Å². The second-order valence-electron chi connectivity index (χ2n) is 9.33. The number of rotatable bonds is 12. The molecule has 1 N–H and O–H groups in total. The van der Waals surface area contributed by atoms with E-state index in [2.05, 4.69) is 41.7 Å². The molecule has 0 heterocycles. The summed E-state index contributed by atoms with van der Waals surface area (Å²) < 4.78 is 0. The molecule has 0 spiro atoms. The molecule has 0 aromatic heterocycles. The van der Waals surface area contributed by atoms with Crippen molar-refractivity contribution < 1.29 is 9.72 Å². The number of benzene rings is 3. The van der Waals surface area contributed by atoms with E-state index >= 15 is 0 Å². The molecule has 0 amide bonds. The highest BCUT2D eigenvalue weighted by Crippen LogP contribution is 2.34. The summed E-state index contributed by atoms with van der Waals surface area (Å²) in [7, 11) is 0. The molecule has 0 unspecified atom stereocenters. The van der Waals surface area contributed by atoms with Gasteiger partial charge in [0.1, 0.15) is 0 Å². The fourth-order valence-corrected chi connectivity index (χ4v) is 4.16. The SMILES string of the molecule is CC(C)(C(=O)CC(CNCc1ccccc1)(Cc1ccccc1)Cc1ccccc1)[N+](=O)[O-]. The van der Waals surface area contributed by atoms with Gasteiger partial charge in [0.15, 0.2) is 0 Å². The van der Waals surface area contributed by atoms with E-state index < -0.39 is 15.9 Å². The maximum Gasteiger partial charge on any atom is 0.273 e. The van der Waals surface area contributed by atoms with E-state index in [1.807, 2.05) is 54.6 Å². The molecule has 3 aromatic rings. The first-order valence-corrected chi connectivity index (χ1v) is 11.3. The molecule has 0 bridgehead atoms. The van der Waals surface area contributed by atoms with Crippen LogP contribution in [0.2, 0.25) is 0 Å². The van der Waals surface area contributed by atoms with Crippen molar-refractivity contribution in [1.29, 1.82) is 0 Å². The zero-order chi connectivity index (χ0) is 23.7. The second kappa shape index (κ2) is 11.0. The molecule has 0 fully saturated rings. The van der Waals surface area contributed by atoms with Gasteiger partial charge in [-0.2, -0.15) is 0 Å².